The van der Waals surface area contributed by atoms with Gasteiger partial charge in [-0.3, -0.25) is 9.79 Å². The number of ether oxygens (including phenoxy) is 1. The smallest absolute Gasteiger partial charge is 0.226 e. The molecule has 0 aliphatic rings. The predicted octanol–water partition coefficient (Wildman–Crippen LogP) is 2.96. The van der Waals surface area contributed by atoms with E-state index in [-0.39, 0.29) is 5.91 Å². The minimum atomic E-state index is -0.0648. The molecule has 1 rings (SSSR count). The molecule has 0 aliphatic carbocycles. The maximum absolute atomic E-state index is 12.1. The van der Waals surface area contributed by atoms with E-state index < -0.39 is 0 Å². The Morgan fingerprint density at radius 2 is 2.08 bits per heavy atom. The lowest BCUT2D eigenvalue weighted by atomic mass is 10.2. The van der Waals surface area contributed by atoms with Crippen molar-refractivity contribution in [3.05, 3.63) is 28.8 Å². The van der Waals surface area contributed by atoms with Gasteiger partial charge < -0.3 is 20.7 Å². The van der Waals surface area contributed by atoms with Crippen LogP contribution in [0.1, 0.15) is 32.3 Å². The molecule has 0 saturated heterocycles. The third kappa shape index (κ3) is 8.74. The van der Waals surface area contributed by atoms with Crippen LogP contribution in [0.15, 0.2) is 23.2 Å². The number of benzene rings is 1. The molecule has 25 heavy (non-hydrogen) atoms. The van der Waals surface area contributed by atoms with Gasteiger partial charge in [-0.15, -0.1) is 0 Å². The number of nitrogens with zero attached hydrogens (tertiary/aromatic N) is 1. The van der Waals surface area contributed by atoms with Gasteiger partial charge in [0.25, 0.3) is 0 Å². The molecule has 6 nitrogen and oxygen atoms in total. The molecule has 1 aromatic carbocycles. The summed E-state index contributed by atoms with van der Waals surface area (Å²) in [5.41, 5.74) is 1.61. The lowest BCUT2D eigenvalue weighted by molar-refractivity contribution is -0.116. The van der Waals surface area contributed by atoms with E-state index in [1.807, 2.05) is 32.9 Å². The summed E-state index contributed by atoms with van der Waals surface area (Å²) >= 11 is 6.06. The summed E-state index contributed by atoms with van der Waals surface area (Å²) in [5.74, 6) is 0.649. The molecule has 7 heteroatoms. The van der Waals surface area contributed by atoms with Crippen molar-refractivity contribution in [2.45, 2.75) is 33.6 Å². The second kappa shape index (κ2) is 12.6. The first kappa shape index (κ1) is 21.3. The molecule has 0 aromatic heterocycles. The van der Waals surface area contributed by atoms with Crippen LogP contribution >= 0.6 is 11.6 Å². The first-order valence-electron chi connectivity index (χ1n) is 8.73. The van der Waals surface area contributed by atoms with Gasteiger partial charge in [-0.1, -0.05) is 17.7 Å². The van der Waals surface area contributed by atoms with E-state index >= 15 is 0 Å². The zero-order chi connectivity index (χ0) is 18.5. The van der Waals surface area contributed by atoms with Crippen LogP contribution in [0.3, 0.4) is 0 Å². The summed E-state index contributed by atoms with van der Waals surface area (Å²) in [6.07, 6.45) is 1.22. The van der Waals surface area contributed by atoms with E-state index in [1.165, 1.54) is 0 Å². The molecule has 1 amide bonds. The average Bonchev–Trinajstić information content (AvgIpc) is 2.58. The molecule has 3 N–H and O–H groups in total. The number of hydrogen-bond donors (Lipinski definition) is 3. The summed E-state index contributed by atoms with van der Waals surface area (Å²) in [7, 11) is 0. The Labute approximate surface area is 155 Å². The first-order valence-corrected chi connectivity index (χ1v) is 9.11. The van der Waals surface area contributed by atoms with Gasteiger partial charge in [-0.2, -0.15) is 0 Å². The standard InChI is InChI=1S/C18H29ClN4O2/c1-4-20-18(21-11-7-13-25-5-2)22-12-10-17(24)23-16-9-6-8-15(19)14(16)3/h6,8-9H,4-5,7,10-13H2,1-3H3,(H,23,24)(H2,20,21,22). The second-order valence-electron chi connectivity index (χ2n) is 5.45. The zero-order valence-corrected chi connectivity index (χ0v) is 16.1. The normalized spacial score (nSPS) is 11.3. The molecule has 0 unspecified atom stereocenters. The van der Waals surface area contributed by atoms with E-state index in [9.17, 15) is 4.79 Å². The molecule has 0 atom stereocenters. The maximum atomic E-state index is 12.1. The van der Waals surface area contributed by atoms with Crippen LogP contribution in [0.2, 0.25) is 5.02 Å². The summed E-state index contributed by atoms with van der Waals surface area (Å²) in [4.78, 5) is 16.5. The number of hydrogen-bond acceptors (Lipinski definition) is 3. The summed E-state index contributed by atoms with van der Waals surface area (Å²) in [6.45, 7) is 9.26. The Balaban J connectivity index is 2.37. The summed E-state index contributed by atoms with van der Waals surface area (Å²) in [5, 5.41) is 9.85. The number of carbonyl (C=O) groups excluding carboxylic acids is 1. The monoisotopic (exact) mass is 368 g/mol. The van der Waals surface area contributed by atoms with Crippen molar-refractivity contribution in [2.75, 3.05) is 38.2 Å². The second-order valence-corrected chi connectivity index (χ2v) is 5.86. The number of rotatable bonds is 10. The van der Waals surface area contributed by atoms with Gasteiger partial charge in [0.2, 0.25) is 5.91 Å². The number of anilines is 1. The molecule has 0 spiro atoms. The van der Waals surface area contributed by atoms with Crippen LogP contribution in [-0.2, 0) is 9.53 Å². The average molecular weight is 369 g/mol. The summed E-state index contributed by atoms with van der Waals surface area (Å²) < 4.78 is 5.29. The Kier molecular flexibility index (Phi) is 10.7. The van der Waals surface area contributed by atoms with E-state index in [4.69, 9.17) is 16.3 Å². The van der Waals surface area contributed by atoms with E-state index in [1.54, 1.807) is 6.07 Å². The van der Waals surface area contributed by atoms with Gasteiger partial charge in [0.15, 0.2) is 5.96 Å². The molecule has 0 bridgehead atoms. The van der Waals surface area contributed by atoms with Crippen molar-refractivity contribution in [1.82, 2.24) is 10.6 Å². The Hall–Kier alpha value is -1.79. The third-order valence-corrected chi connectivity index (χ3v) is 3.86. The molecule has 0 radical (unpaired) electrons. The van der Waals surface area contributed by atoms with Crippen LogP contribution in [0.4, 0.5) is 5.69 Å². The van der Waals surface area contributed by atoms with Gasteiger partial charge in [0.1, 0.15) is 0 Å². The molecular weight excluding hydrogens is 340 g/mol. The number of guanidine groups is 1. The predicted molar refractivity (Wildman–Crippen MR) is 105 cm³/mol. The summed E-state index contributed by atoms with van der Waals surface area (Å²) in [6, 6.07) is 5.47. The molecule has 0 aliphatic heterocycles. The number of nitrogens with one attached hydrogen (secondary N) is 3. The van der Waals surface area contributed by atoms with Crippen LogP contribution in [-0.4, -0.2) is 44.7 Å². The van der Waals surface area contributed by atoms with Crippen molar-refractivity contribution in [2.24, 2.45) is 4.99 Å². The number of halogens is 1. The fourth-order valence-corrected chi connectivity index (χ4v) is 2.27. The van der Waals surface area contributed by atoms with Gasteiger partial charge in [-0.25, -0.2) is 0 Å². The number of aliphatic imine (C=N–C) groups is 1. The third-order valence-electron chi connectivity index (χ3n) is 3.45. The zero-order valence-electron chi connectivity index (χ0n) is 15.3. The fourth-order valence-electron chi connectivity index (χ4n) is 2.09. The lowest BCUT2D eigenvalue weighted by Gasteiger charge is -2.12. The van der Waals surface area contributed by atoms with Crippen molar-refractivity contribution in [1.29, 1.82) is 0 Å². The highest BCUT2D eigenvalue weighted by molar-refractivity contribution is 6.31. The van der Waals surface area contributed by atoms with Gasteiger partial charge in [-0.05, 0) is 44.9 Å². The SMILES string of the molecule is CCNC(=NCCCOCC)NCCC(=O)Nc1cccc(Cl)c1C. The molecule has 0 fully saturated rings. The lowest BCUT2D eigenvalue weighted by Crippen LogP contribution is -2.38. The molecule has 0 saturated carbocycles. The van der Waals surface area contributed by atoms with Crippen LogP contribution in [0, 0.1) is 6.92 Å². The largest absolute Gasteiger partial charge is 0.382 e. The number of amides is 1. The van der Waals surface area contributed by atoms with E-state index in [2.05, 4.69) is 20.9 Å². The molecule has 140 valence electrons. The van der Waals surface area contributed by atoms with E-state index in [0.717, 1.165) is 30.8 Å². The fraction of sp³-hybridized carbons (Fsp3) is 0.556. The highest BCUT2D eigenvalue weighted by Crippen LogP contribution is 2.22. The minimum absolute atomic E-state index is 0.0648. The first-order chi connectivity index (χ1) is 12.1. The molecule has 1 aromatic rings. The van der Waals surface area contributed by atoms with Crippen molar-refractivity contribution >= 4 is 29.2 Å². The van der Waals surface area contributed by atoms with Crippen molar-refractivity contribution in [3.63, 3.8) is 0 Å². The van der Waals surface area contributed by atoms with Crippen LogP contribution in [0.5, 0.6) is 0 Å². The van der Waals surface area contributed by atoms with Gasteiger partial charge >= 0.3 is 0 Å². The van der Waals surface area contributed by atoms with Gasteiger partial charge in [0, 0.05) is 50.0 Å². The Morgan fingerprint density at radius 1 is 1.28 bits per heavy atom. The number of carbonyl (C=O) groups is 1. The Morgan fingerprint density at radius 3 is 2.80 bits per heavy atom. The Bertz CT molecular complexity index is 564. The highest BCUT2D eigenvalue weighted by atomic mass is 35.5. The maximum Gasteiger partial charge on any atom is 0.226 e. The van der Waals surface area contributed by atoms with Gasteiger partial charge in [0.05, 0.1) is 0 Å². The highest BCUT2D eigenvalue weighted by Gasteiger charge is 2.07. The molecular formula is C18H29ClN4O2. The van der Waals surface area contributed by atoms with Crippen LogP contribution in [0.25, 0.3) is 0 Å². The topological polar surface area (TPSA) is 74.8 Å². The molecule has 0 heterocycles. The quantitative estimate of drug-likeness (QED) is 0.337. The van der Waals surface area contributed by atoms with E-state index in [0.29, 0.717) is 37.1 Å². The van der Waals surface area contributed by atoms with Crippen molar-refractivity contribution in [3.8, 4) is 0 Å². The van der Waals surface area contributed by atoms with Crippen molar-refractivity contribution < 1.29 is 9.53 Å². The van der Waals surface area contributed by atoms with Crippen LogP contribution < -0.4 is 16.0 Å². The minimum Gasteiger partial charge on any atom is -0.382 e.